The van der Waals surface area contributed by atoms with Crippen LogP contribution in [-0.4, -0.2) is 52.8 Å². The van der Waals surface area contributed by atoms with E-state index in [9.17, 15) is 18.0 Å². The van der Waals surface area contributed by atoms with E-state index < -0.39 is 21.1 Å². The van der Waals surface area contributed by atoms with Crippen molar-refractivity contribution in [1.29, 1.82) is 0 Å². The fourth-order valence-electron chi connectivity index (χ4n) is 5.27. The molecule has 0 radical (unpaired) electrons. The lowest BCUT2D eigenvalue weighted by molar-refractivity contribution is -0.147. The van der Waals surface area contributed by atoms with Gasteiger partial charge in [0.1, 0.15) is 0 Å². The zero-order valence-electron chi connectivity index (χ0n) is 21.1. The minimum Gasteiger partial charge on any atom is -0.481 e. The van der Waals surface area contributed by atoms with Gasteiger partial charge >= 0.3 is 5.97 Å². The van der Waals surface area contributed by atoms with Gasteiger partial charge in [0.25, 0.3) is 5.56 Å². The largest absolute Gasteiger partial charge is 0.481 e. The number of aliphatic carboxylic acids is 1. The summed E-state index contributed by atoms with van der Waals surface area (Å²) in [6.45, 7) is 5.68. The molecular weight excluding hydrogens is 528 g/mol. The third-order valence-corrected chi connectivity index (χ3v) is 9.99. The Hall–Kier alpha value is -3.21. The van der Waals surface area contributed by atoms with E-state index in [1.807, 2.05) is 26.0 Å². The molecular formula is C27H29ClN4O5S. The highest BCUT2D eigenvalue weighted by Gasteiger charge is 2.33. The van der Waals surface area contributed by atoms with E-state index in [1.54, 1.807) is 24.4 Å². The van der Waals surface area contributed by atoms with Gasteiger partial charge < -0.3 is 10.4 Å². The number of likely N-dealkylation sites (tertiary alicyclic amines) is 1. The van der Waals surface area contributed by atoms with Crippen molar-refractivity contribution >= 4 is 38.9 Å². The summed E-state index contributed by atoms with van der Waals surface area (Å²) in [7, 11) is -3.20. The summed E-state index contributed by atoms with van der Waals surface area (Å²) in [6.07, 6.45) is 4.30. The molecule has 0 bridgehead atoms. The lowest BCUT2D eigenvalue weighted by Gasteiger charge is -2.37. The molecule has 3 aromatic rings. The molecule has 0 amide bonds. The quantitative estimate of drug-likeness (QED) is 0.447. The van der Waals surface area contributed by atoms with Crippen molar-refractivity contribution in [2.75, 3.05) is 24.2 Å². The number of aromatic nitrogens is 2. The van der Waals surface area contributed by atoms with Crippen LogP contribution in [0.25, 0.3) is 5.69 Å². The summed E-state index contributed by atoms with van der Waals surface area (Å²) in [5.41, 5.74) is 4.50. The lowest BCUT2D eigenvalue weighted by atomic mass is 9.96. The van der Waals surface area contributed by atoms with Gasteiger partial charge in [0.15, 0.2) is 15.7 Å². The van der Waals surface area contributed by atoms with Gasteiger partial charge in [0, 0.05) is 37.7 Å². The molecule has 0 aliphatic carbocycles. The van der Waals surface area contributed by atoms with Crippen LogP contribution in [0.3, 0.4) is 0 Å². The number of carboxylic acids is 1. The molecule has 2 N–H and O–H groups in total. The molecule has 0 saturated carbocycles. The first-order chi connectivity index (χ1) is 18.0. The Morgan fingerprint density at radius 1 is 1.18 bits per heavy atom. The number of hydrogen-bond acceptors (Lipinski definition) is 7. The van der Waals surface area contributed by atoms with E-state index in [-0.39, 0.29) is 23.0 Å². The number of hydrogen-bond donors (Lipinski definition) is 2. The van der Waals surface area contributed by atoms with E-state index in [0.29, 0.717) is 54.4 Å². The minimum atomic E-state index is -3.20. The van der Waals surface area contributed by atoms with E-state index in [0.717, 1.165) is 16.7 Å². The van der Waals surface area contributed by atoms with Gasteiger partial charge in [-0.15, -0.1) is 0 Å². The Morgan fingerprint density at radius 3 is 2.53 bits per heavy atom. The van der Waals surface area contributed by atoms with Crippen molar-refractivity contribution in [2.24, 2.45) is 5.92 Å². The zero-order chi connectivity index (χ0) is 27.2. The van der Waals surface area contributed by atoms with Crippen molar-refractivity contribution in [2.45, 2.75) is 38.5 Å². The maximum Gasteiger partial charge on any atom is 0.309 e. The highest BCUT2D eigenvalue weighted by Crippen LogP contribution is 2.37. The number of carboxylic acid groups (broad SMARTS) is 1. The Morgan fingerprint density at radius 2 is 1.89 bits per heavy atom. The van der Waals surface area contributed by atoms with Crippen molar-refractivity contribution in [3.8, 4) is 5.69 Å². The average Bonchev–Trinajstić information content (AvgIpc) is 3.18. The molecule has 2 saturated heterocycles. The van der Waals surface area contributed by atoms with Gasteiger partial charge in [-0.1, -0.05) is 17.7 Å². The Kier molecular flexibility index (Phi) is 7.06. The molecule has 3 heterocycles. The molecule has 1 atom stereocenters. The third-order valence-electron chi connectivity index (χ3n) is 7.43. The number of anilines is 2. The van der Waals surface area contributed by atoms with Crippen LogP contribution in [0.1, 0.15) is 40.3 Å². The standard InChI is InChI=1S/C27H29ClN4O5S/c1-16-10-20(11-17(2)21(16)15-31-13-19(14-31)27(34)35)32-8-7-29-25(26(32)33)30-23-12-18(5-6-22(23)28)24-4-3-9-38(24,36)37/h5-8,10-12,19,24H,3-4,9,13-15H2,1-2H3,(H,29,30)(H,34,35). The molecule has 5 rings (SSSR count). The average molecular weight is 557 g/mol. The van der Waals surface area contributed by atoms with Crippen LogP contribution < -0.4 is 10.9 Å². The second kappa shape index (κ2) is 10.2. The number of sulfone groups is 1. The molecule has 1 aromatic heterocycles. The second-order valence-electron chi connectivity index (χ2n) is 10.1. The summed E-state index contributed by atoms with van der Waals surface area (Å²) >= 11 is 6.39. The highest BCUT2D eigenvalue weighted by atomic mass is 35.5. The van der Waals surface area contributed by atoms with E-state index >= 15 is 0 Å². The molecule has 0 spiro atoms. The number of halogens is 1. The summed E-state index contributed by atoms with van der Waals surface area (Å²) in [5.74, 6) is -0.830. The lowest BCUT2D eigenvalue weighted by Crippen LogP contribution is -2.49. The number of benzene rings is 2. The fraction of sp³-hybridized carbons (Fsp3) is 0.370. The van der Waals surface area contributed by atoms with Crippen molar-refractivity contribution < 1.29 is 18.3 Å². The smallest absolute Gasteiger partial charge is 0.309 e. The normalized spacial score (nSPS) is 19.3. The Bertz CT molecular complexity index is 1560. The molecule has 2 aliphatic heterocycles. The van der Waals surface area contributed by atoms with Crippen LogP contribution in [0.15, 0.2) is 47.5 Å². The first-order valence-electron chi connectivity index (χ1n) is 12.4. The van der Waals surface area contributed by atoms with E-state index in [1.165, 1.54) is 10.8 Å². The second-order valence-corrected chi connectivity index (χ2v) is 12.8. The molecule has 11 heteroatoms. The number of nitrogens with zero attached hydrogens (tertiary/aromatic N) is 3. The predicted molar refractivity (Wildman–Crippen MR) is 146 cm³/mol. The van der Waals surface area contributed by atoms with Gasteiger partial charge in [0.05, 0.1) is 27.6 Å². The zero-order valence-corrected chi connectivity index (χ0v) is 22.7. The summed E-state index contributed by atoms with van der Waals surface area (Å²) < 4.78 is 26.4. The first-order valence-corrected chi connectivity index (χ1v) is 14.5. The Balaban J connectivity index is 1.40. The highest BCUT2D eigenvalue weighted by molar-refractivity contribution is 7.91. The van der Waals surface area contributed by atoms with Crippen LogP contribution in [0.4, 0.5) is 11.5 Å². The van der Waals surface area contributed by atoms with E-state index in [2.05, 4.69) is 15.2 Å². The molecule has 9 nitrogen and oxygen atoms in total. The predicted octanol–water partition coefficient (Wildman–Crippen LogP) is 4.01. The fourth-order valence-corrected chi connectivity index (χ4v) is 7.38. The van der Waals surface area contributed by atoms with Crippen LogP contribution in [0.5, 0.6) is 0 Å². The minimum absolute atomic E-state index is 0.0699. The van der Waals surface area contributed by atoms with Gasteiger partial charge in [-0.25, -0.2) is 13.4 Å². The molecule has 38 heavy (non-hydrogen) atoms. The van der Waals surface area contributed by atoms with E-state index in [4.69, 9.17) is 16.7 Å². The topological polar surface area (TPSA) is 122 Å². The third kappa shape index (κ3) is 5.08. The van der Waals surface area contributed by atoms with Crippen LogP contribution in [-0.2, 0) is 21.2 Å². The van der Waals surface area contributed by atoms with Gasteiger partial charge in [-0.05, 0) is 73.2 Å². The van der Waals surface area contributed by atoms with Gasteiger partial charge in [0.2, 0.25) is 0 Å². The maximum absolute atomic E-state index is 13.4. The number of rotatable bonds is 7. The molecule has 200 valence electrons. The summed E-state index contributed by atoms with van der Waals surface area (Å²) in [4.78, 5) is 30.8. The molecule has 2 aliphatic rings. The van der Waals surface area contributed by atoms with Crippen LogP contribution >= 0.6 is 11.6 Å². The van der Waals surface area contributed by atoms with Gasteiger partial charge in [-0.2, -0.15) is 0 Å². The monoisotopic (exact) mass is 556 g/mol. The number of carbonyl (C=O) groups is 1. The Labute approximate surface area is 226 Å². The van der Waals surface area contributed by atoms with Crippen molar-refractivity contribution in [3.05, 3.63) is 80.4 Å². The SMILES string of the molecule is Cc1cc(-n2ccnc(Nc3cc(C4CCCS4(=O)=O)ccc3Cl)c2=O)cc(C)c1CN1CC(C(=O)O)C1. The molecule has 2 aromatic carbocycles. The van der Waals surface area contributed by atoms with Crippen molar-refractivity contribution in [3.63, 3.8) is 0 Å². The van der Waals surface area contributed by atoms with Crippen LogP contribution in [0.2, 0.25) is 5.02 Å². The maximum atomic E-state index is 13.4. The summed E-state index contributed by atoms with van der Waals surface area (Å²) in [5, 5.41) is 11.9. The summed E-state index contributed by atoms with van der Waals surface area (Å²) in [6, 6.07) is 8.90. The van der Waals surface area contributed by atoms with Gasteiger partial charge in [-0.3, -0.25) is 19.1 Å². The number of nitrogens with one attached hydrogen (secondary N) is 1. The van der Waals surface area contributed by atoms with Crippen molar-refractivity contribution in [1.82, 2.24) is 14.5 Å². The van der Waals surface area contributed by atoms with Crippen LogP contribution in [0, 0.1) is 19.8 Å². The molecule has 1 unspecified atom stereocenters. The first kappa shape index (κ1) is 26.4. The molecule has 2 fully saturated rings. The number of aryl methyl sites for hydroxylation is 2.